The minimum Gasteiger partial charge on any atom is -0.387 e. The van der Waals surface area contributed by atoms with E-state index in [-0.39, 0.29) is 21.7 Å². The number of halogens is 4. The van der Waals surface area contributed by atoms with Crippen molar-refractivity contribution < 1.29 is 13.2 Å². The minimum atomic E-state index is -4.51. The summed E-state index contributed by atoms with van der Waals surface area (Å²) in [6.07, 6.45) is -2.65. The molecule has 19 heavy (non-hydrogen) atoms. The molecule has 2 aromatic heterocycles. The molecule has 100 valence electrons. The van der Waals surface area contributed by atoms with E-state index in [0.29, 0.717) is 6.20 Å². The summed E-state index contributed by atoms with van der Waals surface area (Å²) in [5.74, 6) is 0.0810. The van der Waals surface area contributed by atoms with Crippen molar-refractivity contribution >= 4 is 28.8 Å². The summed E-state index contributed by atoms with van der Waals surface area (Å²) in [4.78, 5) is 7.34. The highest BCUT2D eigenvalue weighted by Gasteiger charge is 2.31. The summed E-state index contributed by atoms with van der Waals surface area (Å²) in [5.41, 5.74) is 4.37. The molecule has 0 bridgehead atoms. The molecule has 0 saturated carbocycles. The summed E-state index contributed by atoms with van der Waals surface area (Å²) >= 11 is 10.4. The standard InChI is InChI=1S/C9H5ClF3N5S/c10-5-1-4(9(11,12)13)2-15-8(5)18-3-16-7(17-18)6(14)19/h1-3H,(H2,14,19). The van der Waals surface area contributed by atoms with Gasteiger partial charge < -0.3 is 5.73 Å². The molecule has 0 atom stereocenters. The van der Waals surface area contributed by atoms with Crippen LogP contribution in [0.25, 0.3) is 5.82 Å². The van der Waals surface area contributed by atoms with Crippen molar-refractivity contribution in [3.63, 3.8) is 0 Å². The third-order valence-corrected chi connectivity index (χ3v) is 2.54. The van der Waals surface area contributed by atoms with E-state index in [1.807, 2.05) is 0 Å². The largest absolute Gasteiger partial charge is 0.417 e. The van der Waals surface area contributed by atoms with Crippen LogP contribution in [0.1, 0.15) is 11.4 Å². The molecule has 5 nitrogen and oxygen atoms in total. The Labute approximate surface area is 115 Å². The highest BCUT2D eigenvalue weighted by atomic mass is 35.5. The highest BCUT2D eigenvalue weighted by Crippen LogP contribution is 2.31. The van der Waals surface area contributed by atoms with Gasteiger partial charge in [0.15, 0.2) is 5.82 Å². The maximum atomic E-state index is 12.4. The van der Waals surface area contributed by atoms with Crippen LogP contribution in [0.2, 0.25) is 5.02 Å². The zero-order valence-electron chi connectivity index (χ0n) is 9.02. The summed E-state index contributed by atoms with van der Waals surface area (Å²) < 4.78 is 38.4. The lowest BCUT2D eigenvalue weighted by Crippen LogP contribution is -2.12. The summed E-state index contributed by atoms with van der Waals surface area (Å²) in [5, 5.41) is 3.63. The quantitative estimate of drug-likeness (QED) is 0.859. The first-order valence-electron chi connectivity index (χ1n) is 4.73. The Morgan fingerprint density at radius 2 is 2.05 bits per heavy atom. The van der Waals surface area contributed by atoms with Crippen LogP contribution in [0, 0.1) is 0 Å². The summed E-state index contributed by atoms with van der Waals surface area (Å²) in [7, 11) is 0. The number of pyridine rings is 1. The number of nitrogens with two attached hydrogens (primary N) is 1. The van der Waals surface area contributed by atoms with Gasteiger partial charge in [0.25, 0.3) is 0 Å². The fourth-order valence-electron chi connectivity index (χ4n) is 1.23. The molecule has 10 heteroatoms. The predicted molar refractivity (Wildman–Crippen MR) is 65.1 cm³/mol. The highest BCUT2D eigenvalue weighted by molar-refractivity contribution is 7.80. The Morgan fingerprint density at radius 3 is 2.53 bits per heavy atom. The van der Waals surface area contributed by atoms with Gasteiger partial charge in [-0.1, -0.05) is 23.8 Å². The number of hydrogen-bond acceptors (Lipinski definition) is 4. The smallest absolute Gasteiger partial charge is 0.387 e. The van der Waals surface area contributed by atoms with E-state index in [0.717, 1.165) is 10.7 Å². The van der Waals surface area contributed by atoms with Gasteiger partial charge in [0, 0.05) is 6.20 Å². The Balaban J connectivity index is 2.43. The summed E-state index contributed by atoms with van der Waals surface area (Å²) in [6, 6.07) is 0.756. The average Bonchev–Trinajstić information content (AvgIpc) is 2.76. The van der Waals surface area contributed by atoms with Crippen molar-refractivity contribution in [1.82, 2.24) is 19.7 Å². The summed E-state index contributed by atoms with van der Waals surface area (Å²) in [6.45, 7) is 0. The molecule has 2 N–H and O–H groups in total. The second kappa shape index (κ2) is 4.74. The first-order valence-corrected chi connectivity index (χ1v) is 5.52. The van der Waals surface area contributed by atoms with Crippen LogP contribution >= 0.6 is 23.8 Å². The SMILES string of the molecule is NC(=S)c1ncn(-c2ncc(C(F)(F)F)cc2Cl)n1. The molecule has 2 aromatic rings. The van der Waals surface area contributed by atoms with Gasteiger partial charge in [-0.05, 0) is 6.07 Å². The van der Waals surface area contributed by atoms with E-state index in [1.54, 1.807) is 0 Å². The predicted octanol–water partition coefficient (Wildman–Crippen LogP) is 1.97. The zero-order chi connectivity index (χ0) is 14.2. The van der Waals surface area contributed by atoms with Crippen molar-refractivity contribution in [2.45, 2.75) is 6.18 Å². The molecule has 0 unspecified atom stereocenters. The molecule has 0 radical (unpaired) electrons. The van der Waals surface area contributed by atoms with E-state index in [9.17, 15) is 13.2 Å². The number of alkyl halides is 3. The Kier molecular flexibility index (Phi) is 3.42. The van der Waals surface area contributed by atoms with Crippen LogP contribution in [-0.2, 0) is 6.18 Å². The molecule has 0 aliphatic carbocycles. The lowest BCUT2D eigenvalue weighted by Gasteiger charge is -2.08. The van der Waals surface area contributed by atoms with Crippen LogP contribution in [0.15, 0.2) is 18.6 Å². The third-order valence-electron chi connectivity index (χ3n) is 2.08. The number of rotatable bonds is 2. The Bertz CT molecular complexity index is 639. The minimum absolute atomic E-state index is 0.00432. The van der Waals surface area contributed by atoms with Crippen molar-refractivity contribution in [2.24, 2.45) is 5.73 Å². The topological polar surface area (TPSA) is 69.6 Å². The van der Waals surface area contributed by atoms with Crippen LogP contribution in [0.4, 0.5) is 13.2 Å². The molecule has 0 spiro atoms. The number of thiocarbonyl (C=S) groups is 1. The molecule has 0 fully saturated rings. The lowest BCUT2D eigenvalue weighted by molar-refractivity contribution is -0.137. The monoisotopic (exact) mass is 307 g/mol. The second-order valence-corrected chi connectivity index (χ2v) is 4.25. The second-order valence-electron chi connectivity index (χ2n) is 3.40. The molecule has 0 aliphatic heterocycles. The van der Waals surface area contributed by atoms with E-state index in [2.05, 4.69) is 27.3 Å². The molecule has 2 rings (SSSR count). The van der Waals surface area contributed by atoms with Gasteiger partial charge in [0.05, 0.1) is 10.6 Å². The van der Waals surface area contributed by atoms with Gasteiger partial charge in [-0.15, -0.1) is 5.10 Å². The molecule has 0 amide bonds. The van der Waals surface area contributed by atoms with Crippen LogP contribution in [-0.4, -0.2) is 24.7 Å². The average molecular weight is 308 g/mol. The molecular weight excluding hydrogens is 303 g/mol. The van der Waals surface area contributed by atoms with Gasteiger partial charge in [0.2, 0.25) is 5.82 Å². The van der Waals surface area contributed by atoms with E-state index in [1.165, 1.54) is 6.33 Å². The maximum Gasteiger partial charge on any atom is 0.417 e. The Hall–Kier alpha value is -1.74. The fraction of sp³-hybridized carbons (Fsp3) is 0.111. The van der Waals surface area contributed by atoms with Crippen molar-refractivity contribution in [1.29, 1.82) is 0 Å². The van der Waals surface area contributed by atoms with Crippen molar-refractivity contribution in [3.8, 4) is 5.82 Å². The number of aromatic nitrogens is 4. The van der Waals surface area contributed by atoms with Gasteiger partial charge in [-0.3, -0.25) is 0 Å². The molecule has 2 heterocycles. The first kappa shape index (κ1) is 13.7. The Morgan fingerprint density at radius 1 is 1.37 bits per heavy atom. The van der Waals surface area contributed by atoms with E-state index >= 15 is 0 Å². The maximum absolute atomic E-state index is 12.4. The fourth-order valence-corrected chi connectivity index (χ4v) is 1.58. The third kappa shape index (κ3) is 2.82. The van der Waals surface area contributed by atoms with E-state index in [4.69, 9.17) is 17.3 Å². The molecule has 0 aliphatic rings. The van der Waals surface area contributed by atoms with Crippen molar-refractivity contribution in [2.75, 3.05) is 0 Å². The molecule has 0 aromatic carbocycles. The van der Waals surface area contributed by atoms with Crippen LogP contribution in [0.3, 0.4) is 0 Å². The van der Waals surface area contributed by atoms with Crippen LogP contribution in [0.5, 0.6) is 0 Å². The molecular formula is C9H5ClF3N5S. The number of hydrogen-bond donors (Lipinski definition) is 1. The zero-order valence-corrected chi connectivity index (χ0v) is 10.6. The van der Waals surface area contributed by atoms with Gasteiger partial charge in [-0.25, -0.2) is 14.6 Å². The number of nitrogens with zero attached hydrogens (tertiary/aromatic N) is 4. The normalized spacial score (nSPS) is 11.6. The molecule has 0 saturated heterocycles. The van der Waals surface area contributed by atoms with Gasteiger partial charge >= 0.3 is 6.18 Å². The van der Waals surface area contributed by atoms with E-state index < -0.39 is 11.7 Å². The first-order chi connectivity index (χ1) is 8.79. The lowest BCUT2D eigenvalue weighted by atomic mass is 10.3. The van der Waals surface area contributed by atoms with Gasteiger partial charge in [0.1, 0.15) is 11.3 Å². The van der Waals surface area contributed by atoms with Gasteiger partial charge in [-0.2, -0.15) is 13.2 Å². The van der Waals surface area contributed by atoms with Crippen molar-refractivity contribution in [3.05, 3.63) is 35.0 Å². The van der Waals surface area contributed by atoms with Crippen LogP contribution < -0.4 is 5.73 Å².